The van der Waals surface area contributed by atoms with Gasteiger partial charge in [-0.2, -0.15) is 0 Å². The second kappa shape index (κ2) is 23.7. The number of hydrogen-bond donors (Lipinski definition) is 0. The maximum atomic E-state index is 2.39. The molecular formula is C90H62N6. The van der Waals surface area contributed by atoms with Crippen molar-refractivity contribution in [3.63, 3.8) is 0 Å². The van der Waals surface area contributed by atoms with Crippen LogP contribution in [0.3, 0.4) is 0 Å². The molecule has 6 heteroatoms. The molecule has 0 aliphatic carbocycles. The normalized spacial score (nSPS) is 11.5. The number of anilines is 9. The topological polar surface area (TPSA) is 24.5 Å². The van der Waals surface area contributed by atoms with Crippen molar-refractivity contribution in [1.29, 1.82) is 0 Å². The first-order valence-electron chi connectivity index (χ1n) is 32.8. The van der Waals surface area contributed by atoms with E-state index in [0.29, 0.717) is 0 Å². The van der Waals surface area contributed by atoms with Gasteiger partial charge in [-0.25, -0.2) is 0 Å². The molecule has 15 aromatic carbocycles. The number of benzene rings is 15. The van der Waals surface area contributed by atoms with E-state index in [-0.39, 0.29) is 0 Å². The largest absolute Gasteiger partial charge is 0.311 e. The van der Waals surface area contributed by atoms with Gasteiger partial charge in [-0.3, -0.25) is 0 Å². The Kier molecular flexibility index (Phi) is 13.8. The zero-order valence-electron chi connectivity index (χ0n) is 52.5. The molecule has 3 heterocycles. The third kappa shape index (κ3) is 9.74. The van der Waals surface area contributed by atoms with Crippen molar-refractivity contribution in [2.75, 3.05) is 14.7 Å². The standard InChI is InChI=1S/C90H62N6/c1-5-21-67(22-6-1)91(71-43-37-63(38-44-71)65-41-59-83-81-31-15-19-35-87(81)95(89(83)61-65)69-25-9-3-10-26-69)73-47-51-75(52-48-73)93(77-55-57-78(58-56-77)94-85-33-17-13-29-79(85)80-30-14-18-34-86(80)94)76-53-49-74(50-54-76)92(68-23-7-2-8-24-68)72-45-39-64(40-46-72)66-42-60-84-82-32-16-20-36-88(82)96(90(84)62-66)70-27-11-4-12-28-70/h1-62H. The van der Waals surface area contributed by atoms with Gasteiger partial charge < -0.3 is 28.4 Å². The van der Waals surface area contributed by atoms with Crippen LogP contribution in [0.25, 0.3) is 105 Å². The average Bonchev–Trinajstić information content (AvgIpc) is 1.66. The summed E-state index contributed by atoms with van der Waals surface area (Å²) in [5.74, 6) is 0. The Morgan fingerprint density at radius 2 is 0.354 bits per heavy atom. The Morgan fingerprint density at radius 1 is 0.146 bits per heavy atom. The summed E-state index contributed by atoms with van der Waals surface area (Å²) in [6.45, 7) is 0. The van der Waals surface area contributed by atoms with E-state index < -0.39 is 0 Å². The molecule has 96 heavy (non-hydrogen) atoms. The highest BCUT2D eigenvalue weighted by molar-refractivity contribution is 6.12. The molecule has 0 aliphatic rings. The molecule has 0 bridgehead atoms. The lowest BCUT2D eigenvalue weighted by molar-refractivity contribution is 1.17. The van der Waals surface area contributed by atoms with Crippen LogP contribution in [0.5, 0.6) is 0 Å². The fourth-order valence-corrected chi connectivity index (χ4v) is 14.6. The number of nitrogens with zero attached hydrogens (tertiary/aromatic N) is 6. The summed E-state index contributed by atoms with van der Waals surface area (Å²) < 4.78 is 7.15. The molecule has 0 N–H and O–H groups in total. The summed E-state index contributed by atoms with van der Waals surface area (Å²) >= 11 is 0. The summed E-state index contributed by atoms with van der Waals surface area (Å²) in [4.78, 5) is 7.06. The Hall–Kier alpha value is -12.9. The maximum Gasteiger partial charge on any atom is 0.0547 e. The highest BCUT2D eigenvalue weighted by Gasteiger charge is 2.22. The third-order valence-electron chi connectivity index (χ3n) is 19.0. The summed E-state index contributed by atoms with van der Waals surface area (Å²) in [7, 11) is 0. The predicted molar refractivity (Wildman–Crippen MR) is 404 cm³/mol. The number of para-hydroxylation sites is 8. The fraction of sp³-hybridized carbons (Fsp3) is 0. The molecule has 0 atom stereocenters. The summed E-state index contributed by atoms with van der Waals surface area (Å²) in [5, 5.41) is 7.45. The van der Waals surface area contributed by atoms with Gasteiger partial charge in [-0.05, 0) is 204 Å². The number of aromatic nitrogens is 3. The van der Waals surface area contributed by atoms with Crippen LogP contribution in [0, 0.1) is 0 Å². The minimum absolute atomic E-state index is 1.03. The van der Waals surface area contributed by atoms with E-state index in [1.807, 2.05) is 0 Å². The van der Waals surface area contributed by atoms with Gasteiger partial charge in [0.2, 0.25) is 0 Å². The molecule has 6 nitrogen and oxygen atoms in total. The van der Waals surface area contributed by atoms with E-state index in [1.54, 1.807) is 0 Å². The minimum Gasteiger partial charge on any atom is -0.311 e. The Labute approximate surface area is 557 Å². The molecule has 0 fully saturated rings. The van der Waals surface area contributed by atoms with Gasteiger partial charge in [0.05, 0.1) is 33.1 Å². The van der Waals surface area contributed by atoms with E-state index in [1.165, 1.54) is 65.4 Å². The molecule has 0 spiro atoms. The molecule has 3 aromatic heterocycles. The minimum atomic E-state index is 1.03. The number of hydrogen-bond acceptors (Lipinski definition) is 3. The van der Waals surface area contributed by atoms with E-state index >= 15 is 0 Å². The smallest absolute Gasteiger partial charge is 0.0547 e. The fourth-order valence-electron chi connectivity index (χ4n) is 14.6. The van der Waals surface area contributed by atoms with Gasteiger partial charge in [0.1, 0.15) is 0 Å². The lowest BCUT2D eigenvalue weighted by atomic mass is 10.0. The third-order valence-corrected chi connectivity index (χ3v) is 19.0. The van der Waals surface area contributed by atoms with Gasteiger partial charge in [-0.15, -0.1) is 0 Å². The van der Waals surface area contributed by atoms with Gasteiger partial charge in [0.15, 0.2) is 0 Å². The van der Waals surface area contributed by atoms with Crippen molar-refractivity contribution in [2.24, 2.45) is 0 Å². The van der Waals surface area contributed by atoms with Crippen LogP contribution < -0.4 is 14.7 Å². The molecule has 0 saturated heterocycles. The SMILES string of the molecule is c1ccc(N(c2ccc(-c3ccc4c5ccccc5n(-c5ccccc5)c4c3)cc2)c2ccc(N(c3ccc(N(c4ccccc4)c4ccc(-c5ccc6c7ccccc7n(-c7ccccc7)c6c5)cc4)cc3)c3ccc(-n4c5ccccc5c5ccccc54)cc3)cc2)cc1. The van der Waals surface area contributed by atoms with Gasteiger partial charge in [0, 0.05) is 101 Å². The molecule has 452 valence electrons. The van der Waals surface area contributed by atoms with Crippen LogP contribution in [0.15, 0.2) is 376 Å². The molecular weight excluding hydrogens is 1170 g/mol. The van der Waals surface area contributed by atoms with Crippen LogP contribution in [-0.2, 0) is 0 Å². The van der Waals surface area contributed by atoms with E-state index in [9.17, 15) is 0 Å². The second-order valence-electron chi connectivity index (χ2n) is 24.5. The molecule has 0 saturated carbocycles. The number of rotatable bonds is 14. The van der Waals surface area contributed by atoms with Crippen LogP contribution in [0.1, 0.15) is 0 Å². The quantitative estimate of drug-likeness (QED) is 0.108. The van der Waals surface area contributed by atoms with E-state index in [2.05, 4.69) is 405 Å². The monoisotopic (exact) mass is 1230 g/mol. The van der Waals surface area contributed by atoms with Crippen molar-refractivity contribution in [3.8, 4) is 39.3 Å². The zero-order chi connectivity index (χ0) is 63.5. The maximum absolute atomic E-state index is 2.39. The van der Waals surface area contributed by atoms with Gasteiger partial charge in [-0.1, -0.05) is 194 Å². The Bertz CT molecular complexity index is 5500. The van der Waals surface area contributed by atoms with Crippen molar-refractivity contribution >= 4 is 117 Å². The van der Waals surface area contributed by atoms with Crippen LogP contribution in [0.4, 0.5) is 51.2 Å². The molecule has 0 unspecified atom stereocenters. The van der Waals surface area contributed by atoms with Crippen molar-refractivity contribution in [1.82, 2.24) is 13.7 Å². The first-order valence-corrected chi connectivity index (χ1v) is 32.8. The van der Waals surface area contributed by atoms with Crippen LogP contribution in [-0.4, -0.2) is 13.7 Å². The molecule has 0 aliphatic heterocycles. The van der Waals surface area contributed by atoms with Crippen molar-refractivity contribution < 1.29 is 0 Å². The van der Waals surface area contributed by atoms with Crippen LogP contribution in [0.2, 0.25) is 0 Å². The Balaban J connectivity index is 0.703. The molecule has 0 radical (unpaired) electrons. The molecule has 18 rings (SSSR count). The number of fused-ring (bicyclic) bond motifs is 9. The van der Waals surface area contributed by atoms with Crippen molar-refractivity contribution in [2.45, 2.75) is 0 Å². The lowest BCUT2D eigenvalue weighted by Crippen LogP contribution is -2.13. The molecule has 0 amide bonds. The summed E-state index contributed by atoms with van der Waals surface area (Å²) in [6.07, 6.45) is 0. The van der Waals surface area contributed by atoms with E-state index in [0.717, 1.165) is 90.5 Å². The summed E-state index contributed by atoms with van der Waals surface area (Å²) in [6, 6.07) is 136. The molecule has 18 aromatic rings. The highest BCUT2D eigenvalue weighted by atomic mass is 15.2. The van der Waals surface area contributed by atoms with Crippen LogP contribution >= 0.6 is 0 Å². The average molecular weight is 1230 g/mol. The Morgan fingerprint density at radius 3 is 0.667 bits per heavy atom. The van der Waals surface area contributed by atoms with Gasteiger partial charge in [0.25, 0.3) is 0 Å². The predicted octanol–water partition coefficient (Wildman–Crippen LogP) is 24.7. The van der Waals surface area contributed by atoms with Gasteiger partial charge >= 0.3 is 0 Å². The lowest BCUT2D eigenvalue weighted by Gasteiger charge is -2.29. The summed E-state index contributed by atoms with van der Waals surface area (Å²) in [5.41, 5.74) is 24.6. The zero-order valence-corrected chi connectivity index (χ0v) is 52.5. The second-order valence-corrected chi connectivity index (χ2v) is 24.5. The van der Waals surface area contributed by atoms with Crippen molar-refractivity contribution in [3.05, 3.63) is 376 Å². The first kappa shape index (κ1) is 55.9. The van der Waals surface area contributed by atoms with E-state index in [4.69, 9.17) is 0 Å². The highest BCUT2D eigenvalue weighted by Crippen LogP contribution is 2.45. The first-order chi connectivity index (χ1) is 47.6.